The first-order valence-electron chi connectivity index (χ1n) is 3.59. The van der Waals surface area contributed by atoms with Crippen molar-refractivity contribution in [2.75, 3.05) is 0 Å². The maximum absolute atomic E-state index is 8.33. The van der Waals surface area contributed by atoms with E-state index in [1.807, 2.05) is 26.0 Å². The Labute approximate surface area is 80.0 Å². The minimum atomic E-state index is 0.913. The van der Waals surface area contributed by atoms with Gasteiger partial charge in [0.15, 0.2) is 0 Å². The summed E-state index contributed by atoms with van der Waals surface area (Å²) in [5, 5.41) is 11.3. The highest BCUT2D eigenvalue weighted by atomic mass is 79.9. The van der Waals surface area contributed by atoms with Crippen LogP contribution in [0.1, 0.15) is 16.7 Å². The van der Waals surface area contributed by atoms with Crippen LogP contribution in [0.3, 0.4) is 0 Å². The minimum absolute atomic E-state index is 0.913. The number of rotatable bonds is 1. The Hall–Kier alpha value is -0.830. The highest BCUT2D eigenvalue weighted by Gasteiger charge is 1.99. The van der Waals surface area contributed by atoms with Crippen LogP contribution in [0.25, 0.3) is 0 Å². The molecule has 0 unspecified atom stereocenters. The molecule has 3 heteroatoms. The van der Waals surface area contributed by atoms with Crippen molar-refractivity contribution in [2.45, 2.75) is 13.8 Å². The van der Waals surface area contributed by atoms with E-state index in [9.17, 15) is 0 Å². The van der Waals surface area contributed by atoms with Gasteiger partial charge in [-0.15, -0.1) is 0 Å². The zero-order chi connectivity index (χ0) is 9.14. The normalized spacial score (nSPS) is 10.9. The van der Waals surface area contributed by atoms with Crippen LogP contribution in [0.5, 0.6) is 0 Å². The summed E-state index contributed by atoms with van der Waals surface area (Å²) in [5.74, 6) is 0. The molecule has 0 aliphatic heterocycles. The summed E-state index contributed by atoms with van der Waals surface area (Å²) in [6.45, 7) is 4.01. The second kappa shape index (κ2) is 3.72. The van der Waals surface area contributed by atoms with Gasteiger partial charge in [0, 0.05) is 4.47 Å². The smallest absolute Gasteiger partial charge is 0.0734 e. The quantitative estimate of drug-likeness (QED) is 0.447. The summed E-state index contributed by atoms with van der Waals surface area (Å²) in [6, 6.07) is 3.91. The van der Waals surface area contributed by atoms with Crippen LogP contribution in [-0.2, 0) is 0 Å². The molecule has 0 atom stereocenters. The fraction of sp³-hybridized carbons (Fsp3) is 0.222. The molecule has 0 saturated heterocycles. The maximum atomic E-state index is 8.33. The Balaban J connectivity index is 3.21. The van der Waals surface area contributed by atoms with E-state index < -0.39 is 0 Å². The highest BCUT2D eigenvalue weighted by Crippen LogP contribution is 2.21. The van der Waals surface area contributed by atoms with E-state index >= 15 is 0 Å². The molecule has 1 N–H and O–H groups in total. The first-order valence-corrected chi connectivity index (χ1v) is 4.38. The van der Waals surface area contributed by atoms with Crippen LogP contribution in [-0.4, -0.2) is 11.4 Å². The van der Waals surface area contributed by atoms with E-state index in [1.54, 1.807) is 0 Å². The van der Waals surface area contributed by atoms with Crippen LogP contribution < -0.4 is 0 Å². The number of hydrogen-bond acceptors (Lipinski definition) is 2. The zero-order valence-electron chi connectivity index (χ0n) is 7.00. The van der Waals surface area contributed by atoms with Gasteiger partial charge < -0.3 is 5.21 Å². The van der Waals surface area contributed by atoms with Crippen molar-refractivity contribution in [1.29, 1.82) is 0 Å². The van der Waals surface area contributed by atoms with E-state index in [0.29, 0.717) is 0 Å². The molecule has 0 bridgehead atoms. The molecule has 0 heterocycles. The molecule has 12 heavy (non-hydrogen) atoms. The number of oxime groups is 1. The SMILES string of the molecule is Cc1cc(/C=N/O)cc(C)c1Br. The fourth-order valence-corrected chi connectivity index (χ4v) is 1.35. The Bertz CT molecular complexity index is 297. The van der Waals surface area contributed by atoms with Gasteiger partial charge in [-0.05, 0) is 42.7 Å². The Morgan fingerprint density at radius 3 is 2.25 bits per heavy atom. The molecule has 0 amide bonds. The van der Waals surface area contributed by atoms with E-state index in [-0.39, 0.29) is 0 Å². The van der Waals surface area contributed by atoms with E-state index in [0.717, 1.165) is 21.2 Å². The molecule has 0 saturated carbocycles. The third kappa shape index (κ3) is 1.85. The summed E-state index contributed by atoms with van der Waals surface area (Å²) < 4.78 is 1.11. The predicted molar refractivity (Wildman–Crippen MR) is 53.0 cm³/mol. The Kier molecular flexibility index (Phi) is 2.87. The van der Waals surface area contributed by atoms with Crippen LogP contribution in [0.2, 0.25) is 0 Å². The molecule has 64 valence electrons. The molecule has 1 aromatic carbocycles. The van der Waals surface area contributed by atoms with Crippen molar-refractivity contribution in [3.63, 3.8) is 0 Å². The molecule has 0 spiro atoms. The lowest BCUT2D eigenvalue weighted by atomic mass is 10.1. The van der Waals surface area contributed by atoms with Crippen LogP contribution in [0.4, 0.5) is 0 Å². The Morgan fingerprint density at radius 2 is 1.83 bits per heavy atom. The lowest BCUT2D eigenvalue weighted by molar-refractivity contribution is 0.322. The monoisotopic (exact) mass is 227 g/mol. The summed E-state index contributed by atoms with van der Waals surface area (Å²) in [7, 11) is 0. The lowest BCUT2D eigenvalue weighted by Crippen LogP contribution is -1.87. The molecule has 1 rings (SSSR count). The number of aryl methyl sites for hydroxylation is 2. The standard InChI is InChI=1S/C9H10BrNO/c1-6-3-8(5-11-12)4-7(2)9(6)10/h3-5,12H,1-2H3/b11-5+. The van der Waals surface area contributed by atoms with E-state index in [1.165, 1.54) is 6.21 Å². The molecule has 1 aromatic rings. The number of hydrogen-bond donors (Lipinski definition) is 1. The van der Waals surface area contributed by atoms with Crippen molar-refractivity contribution in [3.8, 4) is 0 Å². The largest absolute Gasteiger partial charge is 0.411 e. The third-order valence-corrected chi connectivity index (χ3v) is 2.92. The van der Waals surface area contributed by atoms with Gasteiger partial charge in [0.25, 0.3) is 0 Å². The van der Waals surface area contributed by atoms with Crippen molar-refractivity contribution in [2.24, 2.45) is 5.16 Å². The van der Waals surface area contributed by atoms with Crippen molar-refractivity contribution in [3.05, 3.63) is 33.3 Å². The van der Waals surface area contributed by atoms with Gasteiger partial charge in [0.2, 0.25) is 0 Å². The molecule has 2 nitrogen and oxygen atoms in total. The topological polar surface area (TPSA) is 32.6 Å². The summed E-state index contributed by atoms with van der Waals surface area (Å²) in [5.41, 5.74) is 3.20. The van der Waals surface area contributed by atoms with Crippen LogP contribution in [0, 0.1) is 13.8 Å². The van der Waals surface area contributed by atoms with Crippen molar-refractivity contribution >= 4 is 22.1 Å². The summed E-state index contributed by atoms with van der Waals surface area (Å²) >= 11 is 3.46. The van der Waals surface area contributed by atoms with E-state index in [2.05, 4.69) is 21.1 Å². The molecule has 0 radical (unpaired) electrons. The molecule has 0 aromatic heterocycles. The highest BCUT2D eigenvalue weighted by molar-refractivity contribution is 9.10. The first-order chi connectivity index (χ1) is 5.65. The summed E-state index contributed by atoms with van der Waals surface area (Å²) in [4.78, 5) is 0. The Morgan fingerprint density at radius 1 is 1.33 bits per heavy atom. The van der Waals surface area contributed by atoms with Gasteiger partial charge in [-0.25, -0.2) is 0 Å². The predicted octanol–water partition coefficient (Wildman–Crippen LogP) is 2.87. The molecule has 0 aliphatic carbocycles. The first kappa shape index (κ1) is 9.26. The third-order valence-electron chi connectivity index (χ3n) is 1.67. The number of halogens is 1. The molecule has 0 aliphatic rings. The van der Waals surface area contributed by atoms with E-state index in [4.69, 9.17) is 5.21 Å². The van der Waals surface area contributed by atoms with Gasteiger partial charge >= 0.3 is 0 Å². The van der Waals surface area contributed by atoms with Gasteiger partial charge in [0.1, 0.15) is 0 Å². The van der Waals surface area contributed by atoms with Gasteiger partial charge in [0.05, 0.1) is 6.21 Å². The van der Waals surface area contributed by atoms with Crippen molar-refractivity contribution in [1.82, 2.24) is 0 Å². The summed E-state index contributed by atoms with van der Waals surface area (Å²) in [6.07, 6.45) is 1.42. The fourth-order valence-electron chi connectivity index (χ4n) is 1.12. The number of benzene rings is 1. The van der Waals surface area contributed by atoms with Crippen LogP contribution in [0.15, 0.2) is 21.8 Å². The maximum Gasteiger partial charge on any atom is 0.0734 e. The number of nitrogens with zero attached hydrogens (tertiary/aromatic N) is 1. The average molecular weight is 228 g/mol. The second-order valence-corrected chi connectivity index (χ2v) is 3.51. The molecule has 0 fully saturated rings. The van der Waals surface area contributed by atoms with Gasteiger partial charge in [-0.3, -0.25) is 0 Å². The lowest BCUT2D eigenvalue weighted by Gasteiger charge is -2.03. The second-order valence-electron chi connectivity index (χ2n) is 2.71. The average Bonchev–Trinajstić information content (AvgIpc) is 2.01. The van der Waals surface area contributed by atoms with Gasteiger partial charge in [-0.2, -0.15) is 0 Å². The zero-order valence-corrected chi connectivity index (χ0v) is 8.59. The van der Waals surface area contributed by atoms with Crippen LogP contribution >= 0.6 is 15.9 Å². The van der Waals surface area contributed by atoms with Gasteiger partial charge in [-0.1, -0.05) is 21.1 Å². The molecular weight excluding hydrogens is 218 g/mol. The van der Waals surface area contributed by atoms with Crippen molar-refractivity contribution < 1.29 is 5.21 Å². The molecular formula is C9H10BrNO. The minimum Gasteiger partial charge on any atom is -0.411 e.